The lowest BCUT2D eigenvalue weighted by molar-refractivity contribution is -0.124. The molecule has 19 heavy (non-hydrogen) atoms. The van der Waals surface area contributed by atoms with Gasteiger partial charge in [0.1, 0.15) is 17.4 Å². The van der Waals surface area contributed by atoms with E-state index in [-0.39, 0.29) is 11.5 Å². The van der Waals surface area contributed by atoms with Crippen LogP contribution < -0.4 is 4.90 Å². The van der Waals surface area contributed by atoms with Gasteiger partial charge < -0.3 is 14.2 Å². The third-order valence-corrected chi connectivity index (χ3v) is 3.07. The Hall–Kier alpha value is -2.22. The molecule has 5 nitrogen and oxygen atoms in total. The van der Waals surface area contributed by atoms with E-state index >= 15 is 0 Å². The molecule has 1 aliphatic heterocycles. The summed E-state index contributed by atoms with van der Waals surface area (Å²) in [6, 6.07) is 5.57. The van der Waals surface area contributed by atoms with Crippen molar-refractivity contribution >= 4 is 17.9 Å². The van der Waals surface area contributed by atoms with Crippen LogP contribution in [0.3, 0.4) is 0 Å². The van der Waals surface area contributed by atoms with Gasteiger partial charge in [0.25, 0.3) is 5.91 Å². The average Bonchev–Trinajstić information content (AvgIpc) is 3.05. The molecule has 1 aromatic heterocycles. The first-order valence-electron chi connectivity index (χ1n) is 6.30. The number of anilines is 1. The van der Waals surface area contributed by atoms with Crippen LogP contribution in [0.4, 0.5) is 5.88 Å². The highest BCUT2D eigenvalue weighted by Crippen LogP contribution is 2.24. The molecule has 1 aromatic rings. The number of nitriles is 1. The second-order valence-corrected chi connectivity index (χ2v) is 4.74. The van der Waals surface area contributed by atoms with Crippen molar-refractivity contribution < 1.29 is 9.21 Å². The third kappa shape index (κ3) is 2.97. The molecule has 1 amide bonds. The molecule has 0 saturated carbocycles. The van der Waals surface area contributed by atoms with Crippen molar-refractivity contribution in [3.05, 3.63) is 23.5 Å². The molecule has 1 fully saturated rings. The van der Waals surface area contributed by atoms with Gasteiger partial charge in [0.2, 0.25) is 0 Å². The van der Waals surface area contributed by atoms with Gasteiger partial charge in [-0.15, -0.1) is 0 Å². The second kappa shape index (κ2) is 5.61. The average molecular weight is 259 g/mol. The molecular formula is C14H17N3O2. The van der Waals surface area contributed by atoms with Gasteiger partial charge in [0.15, 0.2) is 5.88 Å². The summed E-state index contributed by atoms with van der Waals surface area (Å²) in [5.41, 5.74) is 0.0762. The molecule has 0 aromatic carbocycles. The van der Waals surface area contributed by atoms with E-state index in [0.717, 1.165) is 19.0 Å². The molecule has 0 atom stereocenters. The molecule has 0 aliphatic carbocycles. The van der Waals surface area contributed by atoms with Crippen LogP contribution in [0.1, 0.15) is 18.6 Å². The van der Waals surface area contributed by atoms with Crippen LogP contribution in [-0.2, 0) is 4.79 Å². The molecular weight excluding hydrogens is 242 g/mol. The highest BCUT2D eigenvalue weighted by Gasteiger charge is 2.16. The van der Waals surface area contributed by atoms with Crippen LogP contribution >= 0.6 is 0 Å². The molecule has 1 saturated heterocycles. The second-order valence-electron chi connectivity index (χ2n) is 4.74. The van der Waals surface area contributed by atoms with Crippen LogP contribution in [0.5, 0.6) is 0 Å². The van der Waals surface area contributed by atoms with Crippen molar-refractivity contribution in [2.45, 2.75) is 12.8 Å². The minimum absolute atomic E-state index is 0.0762. The zero-order valence-corrected chi connectivity index (χ0v) is 11.2. The molecule has 100 valence electrons. The Morgan fingerprint density at radius 2 is 2.11 bits per heavy atom. The highest BCUT2D eigenvalue weighted by atomic mass is 16.4. The summed E-state index contributed by atoms with van der Waals surface area (Å²) in [7, 11) is 3.23. The lowest BCUT2D eigenvalue weighted by Gasteiger charge is -2.12. The van der Waals surface area contributed by atoms with Gasteiger partial charge in [-0.3, -0.25) is 4.79 Å². The SMILES string of the molecule is CN(C)C(=O)/C(C#N)=C\c1ccc(N2CCCC2)o1. The van der Waals surface area contributed by atoms with Crippen LogP contribution in [-0.4, -0.2) is 38.0 Å². The number of hydrogen-bond donors (Lipinski definition) is 0. The molecule has 0 N–H and O–H groups in total. The Labute approximate surface area is 112 Å². The molecule has 2 rings (SSSR count). The van der Waals surface area contributed by atoms with E-state index in [1.54, 1.807) is 20.2 Å². The summed E-state index contributed by atoms with van der Waals surface area (Å²) in [4.78, 5) is 15.3. The zero-order valence-electron chi connectivity index (χ0n) is 11.2. The van der Waals surface area contributed by atoms with Crippen molar-refractivity contribution in [1.29, 1.82) is 5.26 Å². The topological polar surface area (TPSA) is 60.5 Å². The Bertz CT molecular complexity index is 531. The quantitative estimate of drug-likeness (QED) is 0.614. The standard InChI is InChI=1S/C14H17N3O2/c1-16(2)14(18)11(10-15)9-12-5-6-13(19-12)17-7-3-4-8-17/h5-6,9H,3-4,7-8H2,1-2H3/b11-9-. The van der Waals surface area contributed by atoms with E-state index in [0.29, 0.717) is 5.76 Å². The van der Waals surface area contributed by atoms with Gasteiger partial charge in [0, 0.05) is 39.3 Å². The van der Waals surface area contributed by atoms with Crippen molar-refractivity contribution in [2.24, 2.45) is 0 Å². The maximum atomic E-state index is 11.7. The molecule has 0 unspecified atom stereocenters. The molecule has 0 radical (unpaired) electrons. The van der Waals surface area contributed by atoms with Crippen molar-refractivity contribution in [3.8, 4) is 6.07 Å². The minimum atomic E-state index is -0.318. The van der Waals surface area contributed by atoms with Crippen LogP contribution in [0.25, 0.3) is 6.08 Å². The van der Waals surface area contributed by atoms with E-state index in [4.69, 9.17) is 9.68 Å². The van der Waals surface area contributed by atoms with Gasteiger partial charge in [-0.2, -0.15) is 5.26 Å². The summed E-state index contributed by atoms with van der Waals surface area (Å²) in [6.07, 6.45) is 3.84. The van der Waals surface area contributed by atoms with Crippen LogP contribution in [0.15, 0.2) is 22.1 Å². The van der Waals surface area contributed by atoms with E-state index in [1.807, 2.05) is 12.1 Å². The third-order valence-electron chi connectivity index (χ3n) is 3.07. The fraction of sp³-hybridized carbons (Fsp3) is 0.429. The number of nitrogens with zero attached hydrogens (tertiary/aromatic N) is 3. The zero-order chi connectivity index (χ0) is 13.8. The van der Waals surface area contributed by atoms with Crippen LogP contribution in [0, 0.1) is 11.3 Å². The largest absolute Gasteiger partial charge is 0.441 e. The van der Waals surface area contributed by atoms with Crippen LogP contribution in [0.2, 0.25) is 0 Å². The number of furan rings is 1. The smallest absolute Gasteiger partial charge is 0.264 e. The fourth-order valence-electron chi connectivity index (χ4n) is 2.05. The van der Waals surface area contributed by atoms with E-state index in [1.165, 1.54) is 23.8 Å². The number of rotatable bonds is 3. The first kappa shape index (κ1) is 13.2. The minimum Gasteiger partial charge on any atom is -0.441 e. The number of carbonyl (C=O) groups excluding carboxylic acids is 1. The molecule has 5 heteroatoms. The van der Waals surface area contributed by atoms with E-state index in [9.17, 15) is 4.79 Å². The van der Waals surface area contributed by atoms with Crippen molar-refractivity contribution in [1.82, 2.24) is 4.90 Å². The number of amides is 1. The molecule has 0 spiro atoms. The number of likely N-dealkylation sites (N-methyl/N-ethyl adjacent to an activating group) is 1. The Morgan fingerprint density at radius 1 is 1.42 bits per heavy atom. The van der Waals surface area contributed by atoms with Gasteiger partial charge >= 0.3 is 0 Å². The summed E-state index contributed by atoms with van der Waals surface area (Å²) in [5, 5.41) is 9.01. The Kier molecular flexibility index (Phi) is 3.91. The number of hydrogen-bond acceptors (Lipinski definition) is 4. The molecule has 0 bridgehead atoms. The summed E-state index contributed by atoms with van der Waals surface area (Å²) >= 11 is 0. The van der Waals surface area contributed by atoms with Gasteiger partial charge in [-0.25, -0.2) is 0 Å². The van der Waals surface area contributed by atoms with Gasteiger partial charge in [0.05, 0.1) is 0 Å². The molecule has 1 aliphatic rings. The Balaban J connectivity index is 2.18. The first-order chi connectivity index (χ1) is 9.11. The normalized spacial score (nSPS) is 15.4. The van der Waals surface area contributed by atoms with E-state index < -0.39 is 0 Å². The molecule has 2 heterocycles. The van der Waals surface area contributed by atoms with Crippen molar-refractivity contribution in [2.75, 3.05) is 32.1 Å². The monoisotopic (exact) mass is 259 g/mol. The predicted octanol–water partition coefficient (Wildman–Crippen LogP) is 1.87. The summed E-state index contributed by atoms with van der Waals surface area (Å²) < 4.78 is 5.66. The van der Waals surface area contributed by atoms with Crippen molar-refractivity contribution in [3.63, 3.8) is 0 Å². The lowest BCUT2D eigenvalue weighted by atomic mass is 10.2. The maximum absolute atomic E-state index is 11.7. The first-order valence-corrected chi connectivity index (χ1v) is 6.30. The number of carbonyl (C=O) groups is 1. The maximum Gasteiger partial charge on any atom is 0.264 e. The van der Waals surface area contributed by atoms with E-state index in [2.05, 4.69) is 4.90 Å². The highest BCUT2D eigenvalue weighted by molar-refractivity contribution is 6.01. The lowest BCUT2D eigenvalue weighted by Crippen LogP contribution is -2.22. The van der Waals surface area contributed by atoms with Gasteiger partial charge in [-0.1, -0.05) is 0 Å². The predicted molar refractivity (Wildman–Crippen MR) is 72.4 cm³/mol. The van der Waals surface area contributed by atoms with Gasteiger partial charge in [-0.05, 0) is 18.9 Å². The fourth-order valence-corrected chi connectivity index (χ4v) is 2.05. The Morgan fingerprint density at radius 3 is 2.68 bits per heavy atom. The summed E-state index contributed by atoms with van der Waals surface area (Å²) in [6.45, 7) is 2.00. The summed E-state index contributed by atoms with van der Waals surface area (Å²) in [5.74, 6) is 1.02.